The first-order chi connectivity index (χ1) is 8.88. The lowest BCUT2D eigenvalue weighted by atomic mass is 9.85. The van der Waals surface area contributed by atoms with Crippen LogP contribution in [0.1, 0.15) is 38.4 Å². The van der Waals surface area contributed by atoms with Gasteiger partial charge in [0.05, 0.1) is 12.7 Å². The Morgan fingerprint density at radius 3 is 2.84 bits per heavy atom. The second kappa shape index (κ2) is 5.57. The van der Waals surface area contributed by atoms with Gasteiger partial charge in [-0.1, -0.05) is 32.5 Å². The summed E-state index contributed by atoms with van der Waals surface area (Å²) in [6, 6.07) is 0.516. The molecule has 2 heterocycles. The van der Waals surface area contributed by atoms with Gasteiger partial charge in [-0.05, 0) is 18.8 Å². The molecule has 0 radical (unpaired) electrons. The summed E-state index contributed by atoms with van der Waals surface area (Å²) in [7, 11) is 1.97. The number of amidine groups is 1. The van der Waals surface area contributed by atoms with E-state index in [1.807, 2.05) is 29.7 Å². The molecule has 2 rings (SSSR count). The first kappa shape index (κ1) is 14.4. The molecule has 1 atom stereocenters. The van der Waals surface area contributed by atoms with Crippen LogP contribution in [0.2, 0.25) is 0 Å². The largest absolute Gasteiger partial charge is 0.362 e. The number of hydrogen-bond donors (Lipinski definition) is 1. The van der Waals surface area contributed by atoms with Crippen molar-refractivity contribution in [1.29, 1.82) is 0 Å². The number of nitrogens with zero attached hydrogens (tertiary/aromatic N) is 3. The highest BCUT2D eigenvalue weighted by Crippen LogP contribution is 2.27. The minimum atomic E-state index is 0.284. The van der Waals surface area contributed by atoms with Gasteiger partial charge in [0.15, 0.2) is 5.17 Å². The summed E-state index contributed by atoms with van der Waals surface area (Å²) in [5, 5.41) is 8.91. The van der Waals surface area contributed by atoms with Crippen LogP contribution in [0.5, 0.6) is 0 Å². The van der Waals surface area contributed by atoms with Crippen LogP contribution in [-0.4, -0.2) is 26.7 Å². The van der Waals surface area contributed by atoms with Gasteiger partial charge in [0.25, 0.3) is 0 Å². The molecule has 1 aliphatic rings. The van der Waals surface area contributed by atoms with Crippen molar-refractivity contribution in [2.45, 2.75) is 46.7 Å². The number of nitrogens with one attached hydrogen (secondary N) is 1. The van der Waals surface area contributed by atoms with Crippen molar-refractivity contribution < 1.29 is 0 Å². The van der Waals surface area contributed by atoms with E-state index in [0.29, 0.717) is 12.6 Å². The Hall–Kier alpha value is -0.970. The van der Waals surface area contributed by atoms with Gasteiger partial charge in [0.2, 0.25) is 0 Å². The van der Waals surface area contributed by atoms with Gasteiger partial charge in [-0.3, -0.25) is 9.67 Å². The van der Waals surface area contributed by atoms with Gasteiger partial charge in [-0.2, -0.15) is 5.10 Å². The van der Waals surface area contributed by atoms with Crippen molar-refractivity contribution in [2.75, 3.05) is 5.75 Å². The van der Waals surface area contributed by atoms with Gasteiger partial charge in [-0.15, -0.1) is 0 Å². The van der Waals surface area contributed by atoms with Gasteiger partial charge >= 0.3 is 0 Å². The lowest BCUT2D eigenvalue weighted by molar-refractivity contribution is 0.290. The summed E-state index contributed by atoms with van der Waals surface area (Å²) in [5.41, 5.74) is 2.68. The molecule has 106 valence electrons. The summed E-state index contributed by atoms with van der Waals surface area (Å²) in [6.07, 6.45) is 3.12. The fourth-order valence-electron chi connectivity index (χ4n) is 2.13. The van der Waals surface area contributed by atoms with Gasteiger partial charge in [0.1, 0.15) is 0 Å². The zero-order valence-electron chi connectivity index (χ0n) is 12.5. The molecule has 0 bridgehead atoms. The third-order valence-corrected chi connectivity index (χ3v) is 4.68. The van der Waals surface area contributed by atoms with Crippen LogP contribution in [0.3, 0.4) is 0 Å². The van der Waals surface area contributed by atoms with Crippen molar-refractivity contribution in [2.24, 2.45) is 17.5 Å². The lowest BCUT2D eigenvalue weighted by Gasteiger charge is -2.35. The van der Waals surface area contributed by atoms with Crippen LogP contribution >= 0.6 is 11.8 Å². The van der Waals surface area contributed by atoms with E-state index in [1.54, 1.807) is 0 Å². The van der Waals surface area contributed by atoms with E-state index in [1.165, 1.54) is 17.7 Å². The van der Waals surface area contributed by atoms with E-state index in [0.717, 1.165) is 10.9 Å². The predicted molar refractivity (Wildman–Crippen MR) is 82.5 cm³/mol. The Labute approximate surface area is 120 Å². The monoisotopic (exact) mass is 280 g/mol. The summed E-state index contributed by atoms with van der Waals surface area (Å²) < 4.78 is 1.90. The molecule has 1 aromatic heterocycles. The molecular formula is C14H24N4S. The fraction of sp³-hybridized carbons (Fsp3) is 0.714. The maximum absolute atomic E-state index is 4.71. The molecule has 0 saturated carbocycles. The molecule has 1 N–H and O–H groups in total. The molecule has 4 nitrogen and oxygen atoms in total. The molecule has 19 heavy (non-hydrogen) atoms. The van der Waals surface area contributed by atoms with E-state index < -0.39 is 0 Å². The van der Waals surface area contributed by atoms with Crippen molar-refractivity contribution in [3.63, 3.8) is 0 Å². The molecule has 1 fully saturated rings. The highest BCUT2D eigenvalue weighted by Gasteiger charge is 2.28. The predicted octanol–water partition coefficient (Wildman–Crippen LogP) is 2.73. The highest BCUT2D eigenvalue weighted by molar-refractivity contribution is 8.13. The molecule has 1 saturated heterocycles. The number of aliphatic imine (C=N–C) groups is 1. The van der Waals surface area contributed by atoms with E-state index >= 15 is 0 Å². The Kier molecular flexibility index (Phi) is 4.23. The number of aryl methyl sites for hydroxylation is 1. The number of aromatic nitrogens is 2. The number of rotatable bonds is 2. The summed E-state index contributed by atoms with van der Waals surface area (Å²) in [4.78, 5) is 4.71. The Morgan fingerprint density at radius 1 is 1.53 bits per heavy atom. The molecule has 5 heteroatoms. The average Bonchev–Trinajstić information content (AvgIpc) is 2.67. The fourth-order valence-corrected chi connectivity index (χ4v) is 3.06. The van der Waals surface area contributed by atoms with E-state index in [4.69, 9.17) is 4.99 Å². The minimum absolute atomic E-state index is 0.284. The molecule has 1 aromatic rings. The second-order valence-corrected chi connectivity index (χ2v) is 7.28. The molecule has 0 spiro atoms. The van der Waals surface area contributed by atoms with Crippen LogP contribution in [0, 0.1) is 12.3 Å². The molecule has 0 amide bonds. The lowest BCUT2D eigenvalue weighted by Crippen LogP contribution is -2.46. The van der Waals surface area contributed by atoms with Crippen LogP contribution in [0.15, 0.2) is 11.2 Å². The van der Waals surface area contributed by atoms with E-state index in [2.05, 4.69) is 38.1 Å². The summed E-state index contributed by atoms with van der Waals surface area (Å²) in [5.74, 6) is 1.15. The number of hydrogen-bond acceptors (Lipinski definition) is 3. The van der Waals surface area contributed by atoms with Crippen molar-refractivity contribution in [1.82, 2.24) is 15.1 Å². The van der Waals surface area contributed by atoms with E-state index in [9.17, 15) is 0 Å². The molecular weight excluding hydrogens is 256 g/mol. The van der Waals surface area contributed by atoms with Crippen LogP contribution in [0.25, 0.3) is 0 Å². The topological polar surface area (TPSA) is 42.2 Å². The van der Waals surface area contributed by atoms with Crippen molar-refractivity contribution in [3.05, 3.63) is 17.5 Å². The first-order valence-corrected chi connectivity index (χ1v) is 7.78. The maximum Gasteiger partial charge on any atom is 0.157 e. The Morgan fingerprint density at radius 2 is 2.26 bits per heavy atom. The quantitative estimate of drug-likeness (QED) is 0.905. The normalized spacial score (nSPS) is 22.6. The summed E-state index contributed by atoms with van der Waals surface area (Å²) >= 11 is 1.83. The minimum Gasteiger partial charge on any atom is -0.362 e. The van der Waals surface area contributed by atoms with Crippen molar-refractivity contribution >= 4 is 16.9 Å². The third-order valence-electron chi connectivity index (χ3n) is 3.72. The Balaban J connectivity index is 2.02. The third kappa shape index (κ3) is 3.53. The Bertz CT molecular complexity index is 470. The highest BCUT2D eigenvalue weighted by atomic mass is 32.2. The first-order valence-electron chi connectivity index (χ1n) is 6.79. The SMILES string of the molecule is Cc1c(CN=C2NC(C(C)(C)C)CCS2)cnn1C. The zero-order valence-corrected chi connectivity index (χ0v) is 13.3. The van der Waals surface area contributed by atoms with Crippen molar-refractivity contribution in [3.8, 4) is 0 Å². The van der Waals surface area contributed by atoms with Crippen LogP contribution in [-0.2, 0) is 13.6 Å². The average molecular weight is 280 g/mol. The molecule has 1 unspecified atom stereocenters. The van der Waals surface area contributed by atoms with Crippen LogP contribution in [0.4, 0.5) is 0 Å². The van der Waals surface area contributed by atoms with Gasteiger partial charge in [-0.25, -0.2) is 0 Å². The smallest absolute Gasteiger partial charge is 0.157 e. The zero-order chi connectivity index (χ0) is 14.0. The molecule has 0 aliphatic carbocycles. The van der Waals surface area contributed by atoms with Gasteiger partial charge < -0.3 is 5.32 Å². The van der Waals surface area contributed by atoms with E-state index in [-0.39, 0.29) is 5.41 Å². The standard InChI is InChI=1S/C14H24N4S/c1-10-11(9-16-18(10)5)8-15-13-17-12(6-7-19-13)14(2,3)4/h9,12H,6-8H2,1-5H3,(H,15,17). The van der Waals surface area contributed by atoms with Gasteiger partial charge in [0, 0.05) is 30.1 Å². The molecule has 1 aliphatic heterocycles. The second-order valence-electron chi connectivity index (χ2n) is 6.20. The summed E-state index contributed by atoms with van der Waals surface area (Å²) in [6.45, 7) is 9.64. The maximum atomic E-state index is 4.71. The molecule has 0 aromatic carbocycles. The van der Waals surface area contributed by atoms with Crippen LogP contribution < -0.4 is 5.32 Å². The number of thioether (sulfide) groups is 1.